The van der Waals surface area contributed by atoms with Crippen LogP contribution in [0.4, 0.5) is 0 Å². The highest BCUT2D eigenvalue weighted by Crippen LogP contribution is 1.80. The van der Waals surface area contributed by atoms with Crippen molar-refractivity contribution in [2.75, 3.05) is 19.0 Å². The van der Waals surface area contributed by atoms with Gasteiger partial charge in [0.2, 0.25) is 0 Å². The maximum atomic E-state index is 5.46. The average molecular weight is 148 g/mol. The van der Waals surface area contributed by atoms with Gasteiger partial charge in [0.25, 0.3) is 0 Å². The van der Waals surface area contributed by atoms with Gasteiger partial charge in [0.05, 0.1) is 0 Å². The van der Waals surface area contributed by atoms with Crippen molar-refractivity contribution in [3.8, 4) is 0 Å². The molecule has 2 heteroatoms. The molecule has 0 spiro atoms. The van der Waals surface area contributed by atoms with E-state index < -0.39 is 0 Å². The molecule has 0 bridgehead atoms. The quantitative estimate of drug-likeness (QED) is 0.355. The summed E-state index contributed by atoms with van der Waals surface area (Å²) in [6.45, 7) is 4.00. The molecule has 1 nitrogen and oxygen atoms in total. The third kappa shape index (κ3) is 7.99. The minimum absolute atomic E-state index is 0.753. The lowest BCUT2D eigenvalue weighted by Crippen LogP contribution is -2.14. The van der Waals surface area contributed by atoms with Crippen molar-refractivity contribution in [1.29, 1.82) is 0 Å². The lowest BCUT2D eigenvalue weighted by Gasteiger charge is -1.96. The maximum absolute atomic E-state index is 5.46. The number of nitrogens with one attached hydrogen (secondary N) is 1. The molecule has 0 aliphatic heterocycles. The summed E-state index contributed by atoms with van der Waals surface area (Å²) < 4.78 is 0. The molecule has 0 aliphatic carbocycles. The van der Waals surface area contributed by atoms with Crippen LogP contribution in [0.25, 0.3) is 0 Å². The van der Waals surface area contributed by atoms with Crippen molar-refractivity contribution in [3.63, 3.8) is 0 Å². The fraction of sp³-hybridized carbons (Fsp3) is 0.714. The van der Waals surface area contributed by atoms with Crippen molar-refractivity contribution >= 4 is 11.6 Å². The van der Waals surface area contributed by atoms with Crippen LogP contribution in [0.15, 0.2) is 12.2 Å². The SMILES string of the molecule is C/C=C/CNCCCCl. The topological polar surface area (TPSA) is 12.0 Å². The van der Waals surface area contributed by atoms with Crippen LogP contribution in [0.1, 0.15) is 13.3 Å². The highest BCUT2D eigenvalue weighted by molar-refractivity contribution is 6.17. The third-order valence-corrected chi connectivity index (χ3v) is 1.25. The minimum atomic E-state index is 0.753. The van der Waals surface area contributed by atoms with E-state index in [1.165, 1.54) is 0 Å². The molecular weight excluding hydrogens is 134 g/mol. The van der Waals surface area contributed by atoms with Gasteiger partial charge in [-0.2, -0.15) is 0 Å². The van der Waals surface area contributed by atoms with Crippen LogP contribution in [-0.2, 0) is 0 Å². The summed E-state index contributed by atoms with van der Waals surface area (Å²) >= 11 is 5.46. The second-order valence-electron chi connectivity index (χ2n) is 1.82. The largest absolute Gasteiger partial charge is 0.313 e. The summed E-state index contributed by atoms with van der Waals surface area (Å²) in [7, 11) is 0. The van der Waals surface area contributed by atoms with Gasteiger partial charge >= 0.3 is 0 Å². The van der Waals surface area contributed by atoms with Crippen molar-refractivity contribution < 1.29 is 0 Å². The molecule has 0 aromatic heterocycles. The lowest BCUT2D eigenvalue weighted by molar-refractivity contribution is 0.732. The number of hydrogen-bond donors (Lipinski definition) is 1. The summed E-state index contributed by atoms with van der Waals surface area (Å²) in [6, 6.07) is 0. The Kier molecular flexibility index (Phi) is 7.98. The summed E-state index contributed by atoms with van der Waals surface area (Å²) in [6.07, 6.45) is 5.18. The molecule has 0 aromatic carbocycles. The zero-order valence-electron chi connectivity index (χ0n) is 5.86. The van der Waals surface area contributed by atoms with E-state index in [2.05, 4.69) is 11.4 Å². The van der Waals surface area contributed by atoms with Gasteiger partial charge in [0.15, 0.2) is 0 Å². The summed E-state index contributed by atoms with van der Waals surface area (Å²) in [4.78, 5) is 0. The fourth-order valence-electron chi connectivity index (χ4n) is 0.495. The van der Waals surface area contributed by atoms with Gasteiger partial charge in [-0.25, -0.2) is 0 Å². The summed E-state index contributed by atoms with van der Waals surface area (Å²) in [5, 5.41) is 3.22. The number of rotatable bonds is 5. The van der Waals surface area contributed by atoms with Crippen LogP contribution >= 0.6 is 11.6 Å². The van der Waals surface area contributed by atoms with Crippen LogP contribution in [-0.4, -0.2) is 19.0 Å². The first-order chi connectivity index (χ1) is 4.41. The summed E-state index contributed by atoms with van der Waals surface area (Å²) in [5.74, 6) is 0.753. The van der Waals surface area contributed by atoms with Gasteiger partial charge in [-0.15, -0.1) is 11.6 Å². The number of allylic oxidation sites excluding steroid dienone is 1. The molecule has 0 fully saturated rings. The first-order valence-corrected chi connectivity index (χ1v) is 3.83. The second-order valence-corrected chi connectivity index (χ2v) is 2.19. The Hall–Kier alpha value is -0.0100. The standard InChI is InChI=1S/C7H14ClN/c1-2-3-6-9-7-4-5-8/h2-3,9H,4-7H2,1H3/b3-2+. The van der Waals surface area contributed by atoms with Gasteiger partial charge < -0.3 is 5.32 Å². The van der Waals surface area contributed by atoms with Crippen LogP contribution in [0.2, 0.25) is 0 Å². The zero-order chi connectivity index (χ0) is 6.95. The molecule has 1 N–H and O–H groups in total. The maximum Gasteiger partial charge on any atom is 0.0235 e. The average Bonchev–Trinajstić information content (AvgIpc) is 1.89. The van der Waals surface area contributed by atoms with Gasteiger partial charge in [0, 0.05) is 12.4 Å². The Labute approximate surface area is 62.1 Å². The predicted octanol–water partition coefficient (Wildman–Crippen LogP) is 1.78. The van der Waals surface area contributed by atoms with E-state index in [0.29, 0.717) is 0 Å². The number of alkyl halides is 1. The number of halogens is 1. The van der Waals surface area contributed by atoms with Crippen LogP contribution in [0.5, 0.6) is 0 Å². The Morgan fingerprint density at radius 1 is 1.56 bits per heavy atom. The third-order valence-electron chi connectivity index (χ3n) is 0.985. The van der Waals surface area contributed by atoms with E-state index in [0.717, 1.165) is 25.4 Å². The van der Waals surface area contributed by atoms with Crippen LogP contribution in [0, 0.1) is 0 Å². The Morgan fingerprint density at radius 2 is 2.33 bits per heavy atom. The molecule has 0 unspecified atom stereocenters. The Morgan fingerprint density at radius 3 is 2.89 bits per heavy atom. The molecule has 0 radical (unpaired) electrons. The Bertz CT molecular complexity index is 71.3. The van der Waals surface area contributed by atoms with Gasteiger partial charge in [-0.05, 0) is 19.9 Å². The molecule has 0 rings (SSSR count). The van der Waals surface area contributed by atoms with Crippen molar-refractivity contribution in [2.24, 2.45) is 0 Å². The smallest absolute Gasteiger partial charge is 0.0235 e. The van der Waals surface area contributed by atoms with Crippen molar-refractivity contribution in [2.45, 2.75) is 13.3 Å². The van der Waals surface area contributed by atoms with E-state index >= 15 is 0 Å². The van der Waals surface area contributed by atoms with E-state index in [1.54, 1.807) is 0 Å². The molecule has 0 aliphatic rings. The van der Waals surface area contributed by atoms with Gasteiger partial charge in [0.1, 0.15) is 0 Å². The minimum Gasteiger partial charge on any atom is -0.313 e. The molecule has 0 atom stereocenters. The monoisotopic (exact) mass is 147 g/mol. The molecular formula is C7H14ClN. The van der Waals surface area contributed by atoms with Gasteiger partial charge in [-0.3, -0.25) is 0 Å². The second kappa shape index (κ2) is 7.99. The van der Waals surface area contributed by atoms with Crippen LogP contribution < -0.4 is 5.32 Å². The first kappa shape index (κ1) is 8.99. The van der Waals surface area contributed by atoms with E-state index in [-0.39, 0.29) is 0 Å². The van der Waals surface area contributed by atoms with E-state index in [1.807, 2.05) is 13.0 Å². The highest BCUT2D eigenvalue weighted by atomic mass is 35.5. The molecule has 0 saturated heterocycles. The predicted molar refractivity (Wildman–Crippen MR) is 43.0 cm³/mol. The van der Waals surface area contributed by atoms with Crippen molar-refractivity contribution in [1.82, 2.24) is 5.32 Å². The first-order valence-electron chi connectivity index (χ1n) is 3.29. The molecule has 54 valence electrons. The van der Waals surface area contributed by atoms with Gasteiger partial charge in [-0.1, -0.05) is 12.2 Å². The highest BCUT2D eigenvalue weighted by Gasteiger charge is 1.80. The van der Waals surface area contributed by atoms with Crippen molar-refractivity contribution in [3.05, 3.63) is 12.2 Å². The molecule has 0 saturated carbocycles. The molecule has 0 aromatic rings. The van der Waals surface area contributed by atoms with Crippen LogP contribution in [0.3, 0.4) is 0 Å². The fourth-order valence-corrected chi connectivity index (χ4v) is 0.629. The summed E-state index contributed by atoms with van der Waals surface area (Å²) in [5.41, 5.74) is 0. The molecule has 0 amide bonds. The molecule has 0 heterocycles. The lowest BCUT2D eigenvalue weighted by atomic mass is 10.4. The molecule has 9 heavy (non-hydrogen) atoms. The zero-order valence-corrected chi connectivity index (χ0v) is 6.62. The number of hydrogen-bond acceptors (Lipinski definition) is 1. The van der Waals surface area contributed by atoms with E-state index in [4.69, 9.17) is 11.6 Å². The van der Waals surface area contributed by atoms with E-state index in [9.17, 15) is 0 Å². The Balaban J connectivity index is 2.75. The normalized spacial score (nSPS) is 10.9.